The number of nitrogens with zero attached hydrogens (tertiary/aromatic N) is 2. The van der Waals surface area contributed by atoms with Gasteiger partial charge >= 0.3 is 0 Å². The van der Waals surface area contributed by atoms with Crippen LogP contribution in [0.1, 0.15) is 5.56 Å². The Labute approximate surface area is 194 Å². The zero-order valence-electron chi connectivity index (χ0n) is 17.5. The summed E-state index contributed by atoms with van der Waals surface area (Å²) in [5, 5.41) is 11.3. The average Bonchev–Trinajstić information content (AvgIpc) is 2.79. The van der Waals surface area contributed by atoms with Crippen molar-refractivity contribution in [3.63, 3.8) is 0 Å². The van der Waals surface area contributed by atoms with E-state index in [1.165, 1.54) is 6.21 Å². The van der Waals surface area contributed by atoms with Crippen LogP contribution in [0.5, 0.6) is 0 Å². The fourth-order valence-electron chi connectivity index (χ4n) is 2.57. The van der Waals surface area contributed by atoms with Crippen LogP contribution in [-0.4, -0.2) is 48.7 Å². The average molecular weight is 476 g/mol. The van der Waals surface area contributed by atoms with E-state index in [4.69, 9.17) is 11.6 Å². The number of amides is 1. The molecule has 0 saturated carbocycles. The number of aliphatic imine (C=N–C) groups is 1. The van der Waals surface area contributed by atoms with E-state index in [2.05, 4.69) is 38.3 Å². The van der Waals surface area contributed by atoms with Crippen LogP contribution in [0.3, 0.4) is 0 Å². The van der Waals surface area contributed by atoms with Crippen LogP contribution >= 0.6 is 12.2 Å². The Bertz CT molecular complexity index is 1040. The van der Waals surface area contributed by atoms with Crippen molar-refractivity contribution in [1.82, 2.24) is 10.6 Å². The van der Waals surface area contributed by atoms with Crippen molar-refractivity contribution in [3.8, 4) is 0 Å². The van der Waals surface area contributed by atoms with Gasteiger partial charge in [-0.1, -0.05) is 24.4 Å². The maximum atomic E-state index is 14.3. The molecule has 12 heteroatoms. The van der Waals surface area contributed by atoms with Gasteiger partial charge in [-0.05, 0) is 17.7 Å². The van der Waals surface area contributed by atoms with Crippen LogP contribution in [0.25, 0.3) is 0 Å². The maximum absolute atomic E-state index is 14.3. The molecule has 0 heterocycles. The van der Waals surface area contributed by atoms with Gasteiger partial charge in [0.15, 0.2) is 17.9 Å². The van der Waals surface area contributed by atoms with Gasteiger partial charge in [0, 0.05) is 30.9 Å². The number of hydrogen-bond acceptors (Lipinski definition) is 8. The maximum Gasteiger partial charge on any atom is 0.224 e. The van der Waals surface area contributed by atoms with Crippen LogP contribution in [0.15, 0.2) is 46.5 Å². The molecular formula is C21H23F2N7O2S. The van der Waals surface area contributed by atoms with Gasteiger partial charge in [-0.3, -0.25) is 14.6 Å². The third-order valence-corrected chi connectivity index (χ3v) is 4.44. The van der Waals surface area contributed by atoms with Crippen LogP contribution in [0.4, 0.5) is 25.8 Å². The van der Waals surface area contributed by atoms with Gasteiger partial charge in [-0.15, -0.1) is 0 Å². The lowest BCUT2D eigenvalue weighted by atomic mass is 10.1. The van der Waals surface area contributed by atoms with Gasteiger partial charge in [-0.2, -0.15) is 5.10 Å². The second kappa shape index (κ2) is 12.8. The lowest BCUT2D eigenvalue weighted by Crippen LogP contribution is -2.30. The summed E-state index contributed by atoms with van der Waals surface area (Å²) in [6.07, 6.45) is 1.81. The molecule has 33 heavy (non-hydrogen) atoms. The molecule has 1 amide bonds. The number of anilines is 2. The number of nitrogens with one attached hydrogen (secondary N) is 3. The second-order valence-corrected chi connectivity index (χ2v) is 7.13. The molecule has 2 rings (SSSR count). The molecule has 0 unspecified atom stereocenters. The van der Waals surface area contributed by atoms with E-state index in [-0.39, 0.29) is 54.0 Å². The van der Waals surface area contributed by atoms with Crippen molar-refractivity contribution >= 4 is 58.4 Å². The van der Waals surface area contributed by atoms with Crippen molar-refractivity contribution in [2.75, 3.05) is 30.7 Å². The molecule has 0 aliphatic heterocycles. The number of hydrogen-bond donors (Lipinski definition) is 5. The Balaban J connectivity index is 1.86. The minimum atomic E-state index is -0.859. The molecule has 0 bridgehead atoms. The SMILES string of the molecule is NN=C(C=Nc1cc(F)c(NCCNC(=O)Cc2ccc(N)cc2)c(F)c1)CNC(=S)C=O. The number of benzene rings is 2. The summed E-state index contributed by atoms with van der Waals surface area (Å²) in [6.45, 7) is 0.293. The topological polar surface area (TPSA) is 147 Å². The van der Waals surface area contributed by atoms with Crippen molar-refractivity contribution in [2.45, 2.75) is 6.42 Å². The first kappa shape index (κ1) is 25.3. The van der Waals surface area contributed by atoms with Crippen LogP contribution in [-0.2, 0) is 16.0 Å². The molecule has 0 spiro atoms. The minimum Gasteiger partial charge on any atom is -0.399 e. The summed E-state index contributed by atoms with van der Waals surface area (Å²) in [4.78, 5) is 26.3. The monoisotopic (exact) mass is 475 g/mol. The van der Waals surface area contributed by atoms with E-state index in [1.807, 2.05) is 0 Å². The number of halogens is 2. The van der Waals surface area contributed by atoms with E-state index in [0.29, 0.717) is 12.0 Å². The van der Waals surface area contributed by atoms with Crippen molar-refractivity contribution in [2.24, 2.45) is 15.9 Å². The summed E-state index contributed by atoms with van der Waals surface area (Å²) < 4.78 is 28.7. The first-order chi connectivity index (χ1) is 15.8. The number of nitrogen functional groups attached to an aromatic ring is 1. The van der Waals surface area contributed by atoms with E-state index in [9.17, 15) is 18.4 Å². The van der Waals surface area contributed by atoms with Gasteiger partial charge in [0.1, 0.15) is 10.7 Å². The number of carbonyl (C=O) groups is 2. The number of thiocarbonyl (C=S) groups is 1. The molecule has 7 N–H and O–H groups in total. The lowest BCUT2D eigenvalue weighted by molar-refractivity contribution is -0.120. The predicted molar refractivity (Wildman–Crippen MR) is 129 cm³/mol. The number of carbonyl (C=O) groups excluding carboxylic acids is 2. The molecule has 0 atom stereocenters. The number of aldehydes is 1. The normalized spacial score (nSPS) is 11.3. The Morgan fingerprint density at radius 3 is 2.36 bits per heavy atom. The third-order valence-electron chi connectivity index (χ3n) is 4.20. The Morgan fingerprint density at radius 1 is 1.09 bits per heavy atom. The molecule has 0 radical (unpaired) electrons. The van der Waals surface area contributed by atoms with Crippen molar-refractivity contribution in [3.05, 3.63) is 53.6 Å². The summed E-state index contributed by atoms with van der Waals surface area (Å²) in [6, 6.07) is 8.96. The van der Waals surface area contributed by atoms with E-state index >= 15 is 0 Å². The molecule has 0 aromatic heterocycles. The van der Waals surface area contributed by atoms with E-state index in [0.717, 1.165) is 17.7 Å². The molecule has 2 aromatic rings. The summed E-state index contributed by atoms with van der Waals surface area (Å²) in [5.74, 6) is 3.27. The van der Waals surface area contributed by atoms with E-state index < -0.39 is 11.6 Å². The zero-order valence-corrected chi connectivity index (χ0v) is 18.3. The number of hydrazone groups is 1. The number of rotatable bonds is 11. The Hall–Kier alpha value is -3.93. The van der Waals surface area contributed by atoms with Gasteiger partial charge < -0.3 is 27.5 Å². The summed E-state index contributed by atoms with van der Waals surface area (Å²) in [5.41, 5.74) is 6.86. The quantitative estimate of drug-likeness (QED) is 0.0629. The first-order valence-corrected chi connectivity index (χ1v) is 10.1. The highest BCUT2D eigenvalue weighted by Gasteiger charge is 2.11. The van der Waals surface area contributed by atoms with Crippen LogP contribution in [0.2, 0.25) is 0 Å². The fraction of sp³-hybridized carbons (Fsp3) is 0.190. The van der Waals surface area contributed by atoms with Crippen molar-refractivity contribution in [1.29, 1.82) is 0 Å². The molecule has 0 aliphatic rings. The smallest absolute Gasteiger partial charge is 0.224 e. The molecular weight excluding hydrogens is 452 g/mol. The van der Waals surface area contributed by atoms with Gasteiger partial charge in [-0.25, -0.2) is 8.78 Å². The Morgan fingerprint density at radius 2 is 1.76 bits per heavy atom. The number of nitrogens with two attached hydrogens (primary N) is 2. The highest BCUT2D eigenvalue weighted by atomic mass is 32.1. The molecule has 9 nitrogen and oxygen atoms in total. The van der Waals surface area contributed by atoms with Gasteiger partial charge in [0.2, 0.25) is 5.91 Å². The van der Waals surface area contributed by atoms with Crippen molar-refractivity contribution < 1.29 is 18.4 Å². The van der Waals surface area contributed by atoms with E-state index in [1.54, 1.807) is 24.3 Å². The highest BCUT2D eigenvalue weighted by Crippen LogP contribution is 2.24. The standard InChI is InChI=1S/C21H23F2N7O2S/c22-17-8-15(28-10-16(30-25)11-29-20(33)12-31)9-18(23)21(17)27-6-5-26-19(32)7-13-1-3-14(24)4-2-13/h1-4,8-10,12,27H,5-7,11,24-25H2,(H,26,32)(H,29,33). The second-order valence-electron chi connectivity index (χ2n) is 6.69. The molecule has 2 aromatic carbocycles. The largest absolute Gasteiger partial charge is 0.399 e. The summed E-state index contributed by atoms with van der Waals surface area (Å²) in [7, 11) is 0. The molecule has 0 fully saturated rings. The fourth-order valence-corrected chi connectivity index (χ4v) is 2.64. The molecule has 0 aliphatic carbocycles. The minimum absolute atomic E-state index is 0.00790. The predicted octanol–water partition coefficient (Wildman–Crippen LogP) is 1.45. The lowest BCUT2D eigenvalue weighted by Gasteiger charge is -2.11. The third kappa shape index (κ3) is 8.61. The highest BCUT2D eigenvalue weighted by molar-refractivity contribution is 7.81. The zero-order chi connectivity index (χ0) is 24.2. The van der Waals surface area contributed by atoms with Gasteiger partial charge in [0.05, 0.1) is 30.6 Å². The van der Waals surface area contributed by atoms with Crippen LogP contribution in [0, 0.1) is 11.6 Å². The first-order valence-electron chi connectivity index (χ1n) is 9.70. The molecule has 174 valence electrons. The van der Waals surface area contributed by atoms with Crippen LogP contribution < -0.4 is 27.5 Å². The Kier molecular flexibility index (Phi) is 9.83. The van der Waals surface area contributed by atoms with Gasteiger partial charge in [0.25, 0.3) is 0 Å². The molecule has 0 saturated heterocycles. The summed E-state index contributed by atoms with van der Waals surface area (Å²) >= 11 is 4.69.